The fraction of sp³-hybridized carbons (Fsp3) is 0.364. The number of nitrogens with one attached hydrogen (secondary N) is 1. The van der Waals surface area contributed by atoms with Gasteiger partial charge in [-0.2, -0.15) is 13.2 Å². The topological polar surface area (TPSA) is 53.9 Å². The van der Waals surface area contributed by atoms with E-state index in [1.807, 2.05) is 13.8 Å². The van der Waals surface area contributed by atoms with E-state index in [2.05, 4.69) is 10.5 Å². The van der Waals surface area contributed by atoms with Crippen LogP contribution in [0.1, 0.15) is 37.0 Å². The molecule has 1 atom stereocenters. The molecule has 0 fully saturated rings. The Bertz CT molecular complexity index is 925. The van der Waals surface area contributed by atoms with Crippen LogP contribution in [0.25, 0.3) is 0 Å². The molecule has 0 radical (unpaired) electrons. The monoisotopic (exact) mass is 437 g/mol. The molecule has 166 valence electrons. The third kappa shape index (κ3) is 6.19. The van der Waals surface area contributed by atoms with Gasteiger partial charge >= 0.3 is 12.2 Å². The first-order valence-electron chi connectivity index (χ1n) is 9.82. The molecule has 5 nitrogen and oxygen atoms in total. The van der Waals surface area contributed by atoms with Crippen molar-refractivity contribution in [2.75, 3.05) is 6.54 Å². The van der Waals surface area contributed by atoms with Crippen LogP contribution in [-0.2, 0) is 17.6 Å². The molecule has 3 rings (SSSR count). The van der Waals surface area contributed by atoms with Gasteiger partial charge in [-0.3, -0.25) is 0 Å². The van der Waals surface area contributed by atoms with E-state index in [1.165, 1.54) is 29.2 Å². The van der Waals surface area contributed by atoms with E-state index in [4.69, 9.17) is 4.84 Å². The Morgan fingerprint density at radius 2 is 1.81 bits per heavy atom. The summed E-state index contributed by atoms with van der Waals surface area (Å²) in [6.07, 6.45) is -4.42. The lowest BCUT2D eigenvalue weighted by atomic mass is 10.0. The fourth-order valence-electron chi connectivity index (χ4n) is 3.16. The Balaban J connectivity index is 1.68. The predicted molar refractivity (Wildman–Crippen MR) is 108 cm³/mol. The highest BCUT2D eigenvalue weighted by molar-refractivity contribution is 6.01. The van der Waals surface area contributed by atoms with Crippen LogP contribution in [0.4, 0.5) is 22.4 Å². The van der Waals surface area contributed by atoms with Gasteiger partial charge in [0.05, 0.1) is 17.8 Å². The van der Waals surface area contributed by atoms with E-state index < -0.39 is 17.8 Å². The first-order valence-corrected chi connectivity index (χ1v) is 9.82. The summed E-state index contributed by atoms with van der Waals surface area (Å²) in [5, 5.41) is 6.84. The molecular weight excluding hydrogens is 414 g/mol. The molecule has 1 heterocycles. The standard InChI is InChI=1S/C22H23F4N3O2/c1-14(2)27-21(30)29(12-15-3-7-17(8-4-15)22(24,25)26)13-19-11-20(28-31-19)16-5-9-18(23)10-6-16/h3-10,14,19H,11-13H2,1-2H3,(H,27,30). The number of rotatable bonds is 6. The van der Waals surface area contributed by atoms with Crippen molar-refractivity contribution in [2.45, 2.75) is 45.1 Å². The average Bonchev–Trinajstić information content (AvgIpc) is 3.16. The summed E-state index contributed by atoms with van der Waals surface area (Å²) in [4.78, 5) is 19.6. The van der Waals surface area contributed by atoms with Gasteiger partial charge in [0.1, 0.15) is 5.82 Å². The van der Waals surface area contributed by atoms with Gasteiger partial charge in [0.2, 0.25) is 0 Å². The molecule has 0 saturated carbocycles. The SMILES string of the molecule is CC(C)NC(=O)N(Cc1ccc(C(F)(F)F)cc1)CC1CC(c2ccc(F)cc2)=NO1. The van der Waals surface area contributed by atoms with E-state index in [9.17, 15) is 22.4 Å². The summed E-state index contributed by atoms with van der Waals surface area (Å²) in [6, 6.07) is 10.1. The maximum absolute atomic E-state index is 13.1. The van der Waals surface area contributed by atoms with Gasteiger partial charge in [-0.05, 0) is 49.2 Å². The summed E-state index contributed by atoms with van der Waals surface area (Å²) in [7, 11) is 0. The van der Waals surface area contributed by atoms with Crippen LogP contribution in [0.15, 0.2) is 53.7 Å². The summed E-state index contributed by atoms with van der Waals surface area (Å²) in [5.74, 6) is -0.354. The number of benzene rings is 2. The van der Waals surface area contributed by atoms with Crippen molar-refractivity contribution >= 4 is 11.7 Å². The van der Waals surface area contributed by atoms with Crippen molar-refractivity contribution in [3.63, 3.8) is 0 Å². The van der Waals surface area contributed by atoms with Gasteiger partial charge < -0.3 is 15.1 Å². The second-order valence-electron chi connectivity index (χ2n) is 7.66. The Morgan fingerprint density at radius 3 is 2.39 bits per heavy atom. The molecule has 0 bridgehead atoms. The second kappa shape index (κ2) is 9.36. The number of amides is 2. The van der Waals surface area contributed by atoms with Crippen molar-refractivity contribution in [2.24, 2.45) is 5.16 Å². The second-order valence-corrected chi connectivity index (χ2v) is 7.66. The number of nitrogens with zero attached hydrogens (tertiary/aromatic N) is 2. The first kappa shape index (κ1) is 22.6. The van der Waals surface area contributed by atoms with Crippen LogP contribution in [0.2, 0.25) is 0 Å². The van der Waals surface area contributed by atoms with Gasteiger partial charge in [-0.15, -0.1) is 0 Å². The molecule has 1 aliphatic heterocycles. The largest absolute Gasteiger partial charge is 0.416 e. The molecule has 1 aliphatic rings. The zero-order valence-electron chi connectivity index (χ0n) is 17.1. The van der Waals surface area contributed by atoms with Crippen LogP contribution in [0, 0.1) is 5.82 Å². The van der Waals surface area contributed by atoms with Gasteiger partial charge in [-0.1, -0.05) is 29.4 Å². The third-order valence-electron chi connectivity index (χ3n) is 4.69. The molecule has 9 heteroatoms. The van der Waals surface area contributed by atoms with E-state index in [0.29, 0.717) is 17.7 Å². The molecule has 0 aliphatic carbocycles. The van der Waals surface area contributed by atoms with E-state index >= 15 is 0 Å². The highest BCUT2D eigenvalue weighted by atomic mass is 19.4. The smallest absolute Gasteiger partial charge is 0.390 e. The molecule has 31 heavy (non-hydrogen) atoms. The molecule has 0 aromatic heterocycles. The Hall–Kier alpha value is -3.10. The van der Waals surface area contributed by atoms with E-state index in [0.717, 1.165) is 17.7 Å². The van der Waals surface area contributed by atoms with Gasteiger partial charge in [0.25, 0.3) is 0 Å². The summed E-state index contributed by atoms with van der Waals surface area (Å²) in [5.41, 5.74) is 1.18. The van der Waals surface area contributed by atoms with Gasteiger partial charge in [0, 0.05) is 19.0 Å². The number of carbonyl (C=O) groups is 1. The number of oxime groups is 1. The van der Waals surface area contributed by atoms with Crippen molar-refractivity contribution in [1.82, 2.24) is 10.2 Å². The van der Waals surface area contributed by atoms with Crippen molar-refractivity contribution in [3.8, 4) is 0 Å². The molecule has 2 aromatic rings. The maximum atomic E-state index is 13.1. The van der Waals surface area contributed by atoms with Crippen LogP contribution >= 0.6 is 0 Å². The van der Waals surface area contributed by atoms with Crippen LogP contribution in [-0.4, -0.2) is 35.3 Å². The molecule has 0 spiro atoms. The number of urea groups is 1. The summed E-state index contributed by atoms with van der Waals surface area (Å²) in [6.45, 7) is 3.93. The van der Waals surface area contributed by atoms with Crippen molar-refractivity contribution in [3.05, 3.63) is 71.0 Å². The summed E-state index contributed by atoms with van der Waals surface area (Å²) < 4.78 is 51.5. The quantitative estimate of drug-likeness (QED) is 0.650. The number of hydrogen-bond donors (Lipinski definition) is 1. The minimum atomic E-state index is -4.42. The highest BCUT2D eigenvalue weighted by Crippen LogP contribution is 2.29. The lowest BCUT2D eigenvalue weighted by Crippen LogP contribution is -2.45. The van der Waals surface area contributed by atoms with E-state index in [-0.39, 0.29) is 31.0 Å². The zero-order chi connectivity index (χ0) is 22.6. The average molecular weight is 437 g/mol. The normalized spacial score (nSPS) is 16.1. The molecule has 2 amide bonds. The first-order chi connectivity index (χ1) is 14.6. The predicted octanol–water partition coefficient (Wildman–Crippen LogP) is 4.96. The molecule has 0 saturated heterocycles. The number of carbonyl (C=O) groups excluding carboxylic acids is 1. The molecule has 1 unspecified atom stereocenters. The number of alkyl halides is 3. The minimum Gasteiger partial charge on any atom is -0.390 e. The Labute approximate surface area is 177 Å². The summed E-state index contributed by atoms with van der Waals surface area (Å²) >= 11 is 0. The molecule has 1 N–H and O–H groups in total. The molecule has 2 aromatic carbocycles. The van der Waals surface area contributed by atoms with Crippen LogP contribution in [0.3, 0.4) is 0 Å². The maximum Gasteiger partial charge on any atom is 0.416 e. The Kier molecular flexibility index (Phi) is 6.82. The van der Waals surface area contributed by atoms with Crippen LogP contribution in [0.5, 0.6) is 0 Å². The molecular formula is C22H23F4N3O2. The number of halogens is 4. The highest BCUT2D eigenvalue weighted by Gasteiger charge is 2.30. The van der Waals surface area contributed by atoms with Crippen molar-refractivity contribution < 1.29 is 27.2 Å². The number of hydrogen-bond acceptors (Lipinski definition) is 3. The van der Waals surface area contributed by atoms with Crippen molar-refractivity contribution in [1.29, 1.82) is 0 Å². The fourth-order valence-corrected chi connectivity index (χ4v) is 3.16. The minimum absolute atomic E-state index is 0.113. The van der Waals surface area contributed by atoms with Gasteiger partial charge in [-0.25, -0.2) is 9.18 Å². The van der Waals surface area contributed by atoms with Crippen LogP contribution < -0.4 is 5.32 Å². The van der Waals surface area contributed by atoms with E-state index in [1.54, 1.807) is 12.1 Å². The van der Waals surface area contributed by atoms with Gasteiger partial charge in [0.15, 0.2) is 6.10 Å². The zero-order valence-corrected chi connectivity index (χ0v) is 17.1. The lowest BCUT2D eigenvalue weighted by Gasteiger charge is -2.26. The Morgan fingerprint density at radius 1 is 1.16 bits per heavy atom. The lowest BCUT2D eigenvalue weighted by molar-refractivity contribution is -0.137. The third-order valence-corrected chi connectivity index (χ3v) is 4.69.